The minimum atomic E-state index is 0.534. The lowest BCUT2D eigenvalue weighted by atomic mass is 10.1. The molecule has 1 aliphatic rings. The van der Waals surface area contributed by atoms with Gasteiger partial charge in [-0.05, 0) is 31.4 Å². The normalized spacial score (nSPS) is 17.8. The number of guanidine groups is 1. The lowest BCUT2D eigenvalue weighted by molar-refractivity contribution is 0.245. The van der Waals surface area contributed by atoms with Crippen LogP contribution in [0.4, 0.5) is 0 Å². The predicted molar refractivity (Wildman–Crippen MR) is 113 cm³/mol. The third-order valence-corrected chi connectivity index (χ3v) is 5.50. The SMILES string of the molecule is CCc1noc(CC)c1CNC(=NC)NCC1CCCN1Cc1ccccc1. The second-order valence-corrected chi connectivity index (χ2v) is 7.30. The van der Waals surface area contributed by atoms with Gasteiger partial charge in [-0.15, -0.1) is 0 Å². The fraction of sp³-hybridized carbons (Fsp3) is 0.545. The van der Waals surface area contributed by atoms with Gasteiger partial charge in [-0.2, -0.15) is 0 Å². The Hall–Kier alpha value is -2.34. The Balaban J connectivity index is 1.52. The lowest BCUT2D eigenvalue weighted by Crippen LogP contribution is -2.44. The fourth-order valence-corrected chi connectivity index (χ4v) is 3.90. The predicted octanol–water partition coefficient (Wildman–Crippen LogP) is 3.13. The largest absolute Gasteiger partial charge is 0.361 e. The summed E-state index contributed by atoms with van der Waals surface area (Å²) in [4.78, 5) is 6.96. The fourth-order valence-electron chi connectivity index (χ4n) is 3.90. The first-order valence-corrected chi connectivity index (χ1v) is 10.4. The van der Waals surface area contributed by atoms with Gasteiger partial charge in [-0.25, -0.2) is 0 Å². The number of aryl methyl sites for hydroxylation is 2. The number of aliphatic imine (C=N–C) groups is 1. The summed E-state index contributed by atoms with van der Waals surface area (Å²) in [5.41, 5.74) is 3.58. The van der Waals surface area contributed by atoms with Crippen molar-refractivity contribution in [2.24, 2.45) is 4.99 Å². The van der Waals surface area contributed by atoms with Crippen molar-refractivity contribution in [3.8, 4) is 0 Å². The molecule has 2 N–H and O–H groups in total. The van der Waals surface area contributed by atoms with Crippen LogP contribution in [0.1, 0.15) is 49.3 Å². The smallest absolute Gasteiger partial charge is 0.191 e. The van der Waals surface area contributed by atoms with Crippen LogP contribution in [-0.4, -0.2) is 42.2 Å². The van der Waals surface area contributed by atoms with Gasteiger partial charge in [0.05, 0.1) is 5.69 Å². The molecule has 6 heteroatoms. The number of nitrogens with one attached hydrogen (secondary N) is 2. The van der Waals surface area contributed by atoms with E-state index in [-0.39, 0.29) is 0 Å². The van der Waals surface area contributed by atoms with Crippen LogP contribution in [0, 0.1) is 0 Å². The summed E-state index contributed by atoms with van der Waals surface area (Å²) in [6, 6.07) is 11.3. The Labute approximate surface area is 168 Å². The highest BCUT2D eigenvalue weighted by atomic mass is 16.5. The van der Waals surface area contributed by atoms with Crippen molar-refractivity contribution in [3.05, 3.63) is 52.9 Å². The Bertz CT molecular complexity index is 734. The highest BCUT2D eigenvalue weighted by Crippen LogP contribution is 2.19. The molecule has 0 amide bonds. The van der Waals surface area contributed by atoms with Gasteiger partial charge in [-0.3, -0.25) is 9.89 Å². The second kappa shape index (κ2) is 10.3. The number of aromatic nitrogens is 1. The minimum Gasteiger partial charge on any atom is -0.361 e. The van der Waals surface area contributed by atoms with Crippen LogP contribution in [0.15, 0.2) is 39.8 Å². The van der Waals surface area contributed by atoms with Gasteiger partial charge in [0.15, 0.2) is 5.96 Å². The molecule has 0 saturated carbocycles. The average molecular weight is 384 g/mol. The molecule has 152 valence electrons. The van der Waals surface area contributed by atoms with Crippen LogP contribution in [-0.2, 0) is 25.9 Å². The number of hydrogen-bond donors (Lipinski definition) is 2. The third kappa shape index (κ3) is 5.13. The van der Waals surface area contributed by atoms with E-state index in [9.17, 15) is 0 Å². The molecule has 28 heavy (non-hydrogen) atoms. The van der Waals surface area contributed by atoms with Crippen molar-refractivity contribution in [3.63, 3.8) is 0 Å². The summed E-state index contributed by atoms with van der Waals surface area (Å²) >= 11 is 0. The highest BCUT2D eigenvalue weighted by Gasteiger charge is 2.24. The summed E-state index contributed by atoms with van der Waals surface area (Å²) in [5.74, 6) is 1.79. The maximum absolute atomic E-state index is 5.46. The van der Waals surface area contributed by atoms with Crippen molar-refractivity contribution in [1.82, 2.24) is 20.7 Å². The summed E-state index contributed by atoms with van der Waals surface area (Å²) in [7, 11) is 1.82. The number of nitrogens with zero attached hydrogens (tertiary/aromatic N) is 3. The number of hydrogen-bond acceptors (Lipinski definition) is 4. The Morgan fingerprint density at radius 1 is 1.21 bits per heavy atom. The standard InChI is InChI=1S/C22H33N5O/c1-4-20-19(21(5-2)28-26-20)15-25-22(23-3)24-14-18-12-9-13-27(18)16-17-10-7-6-8-11-17/h6-8,10-11,18H,4-5,9,12-16H2,1-3H3,(H2,23,24,25). The molecule has 3 rings (SSSR count). The van der Waals surface area contributed by atoms with Gasteiger partial charge in [0, 0.05) is 44.7 Å². The topological polar surface area (TPSA) is 65.7 Å². The van der Waals surface area contributed by atoms with Crippen LogP contribution < -0.4 is 10.6 Å². The first-order valence-electron chi connectivity index (χ1n) is 10.4. The average Bonchev–Trinajstić information content (AvgIpc) is 3.35. The summed E-state index contributed by atoms with van der Waals surface area (Å²) in [5, 5.41) is 11.1. The Kier molecular flexibility index (Phi) is 7.48. The van der Waals surface area contributed by atoms with Crippen molar-refractivity contribution in [2.45, 2.75) is 58.7 Å². The molecule has 1 aliphatic heterocycles. The zero-order chi connectivity index (χ0) is 19.8. The van der Waals surface area contributed by atoms with Gasteiger partial charge >= 0.3 is 0 Å². The summed E-state index contributed by atoms with van der Waals surface area (Å²) < 4.78 is 5.46. The van der Waals surface area contributed by atoms with E-state index >= 15 is 0 Å². The maximum Gasteiger partial charge on any atom is 0.191 e. The van der Waals surface area contributed by atoms with Crippen molar-refractivity contribution < 1.29 is 4.52 Å². The Morgan fingerprint density at radius 3 is 2.75 bits per heavy atom. The zero-order valence-electron chi connectivity index (χ0n) is 17.4. The van der Waals surface area contributed by atoms with Crippen LogP contribution in [0.3, 0.4) is 0 Å². The molecule has 1 aromatic carbocycles. The molecule has 1 unspecified atom stereocenters. The molecular formula is C22H33N5O. The molecule has 0 bridgehead atoms. The van der Waals surface area contributed by atoms with E-state index in [1.54, 1.807) is 0 Å². The molecule has 0 aliphatic carbocycles. The van der Waals surface area contributed by atoms with Crippen molar-refractivity contribution >= 4 is 5.96 Å². The number of benzene rings is 1. The number of rotatable bonds is 8. The monoisotopic (exact) mass is 383 g/mol. The molecule has 1 saturated heterocycles. The van der Waals surface area contributed by atoms with Crippen molar-refractivity contribution in [1.29, 1.82) is 0 Å². The first kappa shape index (κ1) is 20.4. The molecule has 1 fully saturated rings. The van der Waals surface area contributed by atoms with Gasteiger partial charge < -0.3 is 15.2 Å². The van der Waals surface area contributed by atoms with Crippen LogP contribution >= 0.6 is 0 Å². The van der Waals surface area contributed by atoms with E-state index in [4.69, 9.17) is 4.52 Å². The molecule has 2 heterocycles. The van der Waals surface area contributed by atoms with E-state index in [0.29, 0.717) is 12.6 Å². The molecule has 1 atom stereocenters. The molecule has 6 nitrogen and oxygen atoms in total. The first-order chi connectivity index (χ1) is 13.7. The van der Waals surface area contributed by atoms with Gasteiger partial charge in [0.1, 0.15) is 5.76 Å². The third-order valence-electron chi connectivity index (χ3n) is 5.50. The zero-order valence-corrected chi connectivity index (χ0v) is 17.4. The molecule has 1 aromatic heterocycles. The summed E-state index contributed by atoms with van der Waals surface area (Å²) in [6.07, 6.45) is 4.21. The van der Waals surface area contributed by atoms with E-state index in [1.807, 2.05) is 7.05 Å². The van der Waals surface area contributed by atoms with E-state index < -0.39 is 0 Å². The van der Waals surface area contributed by atoms with E-state index in [2.05, 4.69) is 69.9 Å². The minimum absolute atomic E-state index is 0.534. The molecular weight excluding hydrogens is 350 g/mol. The second-order valence-electron chi connectivity index (χ2n) is 7.30. The maximum atomic E-state index is 5.46. The van der Waals surface area contributed by atoms with Gasteiger partial charge in [0.25, 0.3) is 0 Å². The van der Waals surface area contributed by atoms with Gasteiger partial charge in [0.2, 0.25) is 0 Å². The van der Waals surface area contributed by atoms with Crippen LogP contribution in [0.2, 0.25) is 0 Å². The van der Waals surface area contributed by atoms with Gasteiger partial charge in [-0.1, -0.05) is 49.3 Å². The molecule has 2 aromatic rings. The van der Waals surface area contributed by atoms with Crippen LogP contribution in [0.25, 0.3) is 0 Å². The lowest BCUT2D eigenvalue weighted by Gasteiger charge is -2.25. The highest BCUT2D eigenvalue weighted by molar-refractivity contribution is 5.79. The Morgan fingerprint density at radius 2 is 2.04 bits per heavy atom. The van der Waals surface area contributed by atoms with E-state index in [1.165, 1.54) is 24.0 Å². The van der Waals surface area contributed by atoms with Crippen LogP contribution in [0.5, 0.6) is 0 Å². The summed E-state index contributed by atoms with van der Waals surface area (Å²) in [6.45, 7) is 7.96. The quantitative estimate of drug-likeness (QED) is 0.542. The van der Waals surface area contributed by atoms with E-state index in [0.717, 1.165) is 49.9 Å². The van der Waals surface area contributed by atoms with Crippen molar-refractivity contribution in [2.75, 3.05) is 20.1 Å². The molecule has 0 radical (unpaired) electrons. The number of likely N-dealkylation sites (tertiary alicyclic amines) is 1. The molecule has 0 spiro atoms.